The first-order valence-corrected chi connectivity index (χ1v) is 9.07. The molecule has 0 spiro atoms. The van der Waals surface area contributed by atoms with Crippen LogP contribution >= 0.6 is 11.6 Å². The van der Waals surface area contributed by atoms with Crippen molar-refractivity contribution in [3.8, 4) is 0 Å². The summed E-state index contributed by atoms with van der Waals surface area (Å²) >= 11 is 6.24. The molecule has 126 valence electrons. The van der Waals surface area contributed by atoms with E-state index < -0.39 is 0 Å². The molecule has 2 fully saturated rings. The Balaban J connectivity index is 1.50. The maximum absolute atomic E-state index is 12.6. The molecule has 3 aliphatic rings. The molecule has 0 unspecified atom stereocenters. The van der Waals surface area contributed by atoms with Crippen molar-refractivity contribution in [1.82, 2.24) is 4.90 Å². The molecule has 1 saturated carbocycles. The predicted octanol–water partition coefficient (Wildman–Crippen LogP) is 3.73. The second-order valence-electron chi connectivity index (χ2n) is 7.07. The zero-order chi connectivity index (χ0) is 16.7. The second-order valence-corrected chi connectivity index (χ2v) is 7.48. The van der Waals surface area contributed by atoms with E-state index in [4.69, 9.17) is 11.6 Å². The van der Waals surface area contributed by atoms with Crippen LogP contribution in [0.1, 0.15) is 36.0 Å². The van der Waals surface area contributed by atoms with Gasteiger partial charge in [-0.1, -0.05) is 23.8 Å². The number of nitrogens with one attached hydrogen (secondary N) is 1. The van der Waals surface area contributed by atoms with Gasteiger partial charge in [-0.25, -0.2) is 0 Å². The summed E-state index contributed by atoms with van der Waals surface area (Å²) < 4.78 is 0. The molecule has 24 heavy (non-hydrogen) atoms. The van der Waals surface area contributed by atoms with Gasteiger partial charge in [0.15, 0.2) is 0 Å². The first-order chi connectivity index (χ1) is 11.6. The smallest absolute Gasteiger partial charge is 0.253 e. The minimum Gasteiger partial charge on any atom is -0.339 e. The fraction of sp³-hybridized carbons (Fsp3) is 0.474. The van der Waals surface area contributed by atoms with Crippen LogP contribution in [-0.4, -0.2) is 29.8 Å². The standard InChI is InChI=1S/C19H21ClN2O2/c20-16-6-5-14(19(24)22-7-1-2-8-22)11-17(16)21-18(23)15-10-12-3-4-13(15)9-12/h3-6,11-13,15H,1-2,7-10H2,(H,21,23)/t12-,13-,15-/m0/s1. The Morgan fingerprint density at radius 1 is 1.12 bits per heavy atom. The lowest BCUT2D eigenvalue weighted by atomic mass is 9.93. The molecule has 0 aromatic heterocycles. The largest absolute Gasteiger partial charge is 0.339 e. The summed E-state index contributed by atoms with van der Waals surface area (Å²) in [6.07, 6.45) is 8.49. The maximum atomic E-state index is 12.6. The minimum absolute atomic E-state index is 0.0134. The summed E-state index contributed by atoms with van der Waals surface area (Å²) in [5, 5.41) is 3.42. The van der Waals surface area contributed by atoms with Crippen LogP contribution in [0.2, 0.25) is 5.02 Å². The van der Waals surface area contributed by atoms with Crippen LogP contribution in [-0.2, 0) is 4.79 Å². The van der Waals surface area contributed by atoms with E-state index in [0.29, 0.717) is 28.1 Å². The van der Waals surface area contributed by atoms with Crippen LogP contribution < -0.4 is 5.32 Å². The monoisotopic (exact) mass is 344 g/mol. The Kier molecular flexibility index (Phi) is 4.09. The van der Waals surface area contributed by atoms with Gasteiger partial charge in [-0.05, 0) is 55.7 Å². The highest BCUT2D eigenvalue weighted by Crippen LogP contribution is 2.44. The van der Waals surface area contributed by atoms with E-state index in [9.17, 15) is 9.59 Å². The number of hydrogen-bond acceptors (Lipinski definition) is 2. The lowest BCUT2D eigenvalue weighted by Crippen LogP contribution is -2.28. The topological polar surface area (TPSA) is 49.4 Å². The van der Waals surface area contributed by atoms with Gasteiger partial charge < -0.3 is 10.2 Å². The Morgan fingerprint density at radius 3 is 2.58 bits per heavy atom. The third-order valence-electron chi connectivity index (χ3n) is 5.48. The fourth-order valence-corrected chi connectivity index (χ4v) is 4.33. The Bertz CT molecular complexity index is 709. The summed E-state index contributed by atoms with van der Waals surface area (Å²) in [7, 11) is 0. The summed E-state index contributed by atoms with van der Waals surface area (Å²) in [4.78, 5) is 27.0. The number of nitrogens with zero attached hydrogens (tertiary/aromatic N) is 1. The molecule has 1 saturated heterocycles. The molecule has 1 N–H and O–H groups in total. The normalized spacial score (nSPS) is 27.7. The number of allylic oxidation sites excluding steroid dienone is 2. The summed E-state index contributed by atoms with van der Waals surface area (Å²) in [6, 6.07) is 5.14. The van der Waals surface area contributed by atoms with Crippen molar-refractivity contribution in [2.45, 2.75) is 25.7 Å². The Morgan fingerprint density at radius 2 is 1.92 bits per heavy atom. The predicted molar refractivity (Wildman–Crippen MR) is 94.1 cm³/mol. The van der Waals surface area contributed by atoms with Crippen LogP contribution in [0.25, 0.3) is 0 Å². The van der Waals surface area contributed by atoms with E-state index in [1.54, 1.807) is 18.2 Å². The number of anilines is 1. The molecular formula is C19H21ClN2O2. The average Bonchev–Trinajstić information content (AvgIpc) is 3.33. The van der Waals surface area contributed by atoms with Gasteiger partial charge in [0.05, 0.1) is 10.7 Å². The third kappa shape index (κ3) is 2.84. The van der Waals surface area contributed by atoms with Gasteiger partial charge in [0, 0.05) is 24.6 Å². The summed E-state index contributed by atoms with van der Waals surface area (Å²) in [5.41, 5.74) is 1.13. The number of carbonyl (C=O) groups is 2. The van der Waals surface area contributed by atoms with Crippen LogP contribution in [0.5, 0.6) is 0 Å². The number of halogens is 1. The lowest BCUT2D eigenvalue weighted by molar-refractivity contribution is -0.120. The van der Waals surface area contributed by atoms with Crippen LogP contribution in [0.4, 0.5) is 5.69 Å². The molecule has 4 rings (SSSR count). The van der Waals surface area contributed by atoms with E-state index in [2.05, 4.69) is 17.5 Å². The number of amides is 2. The molecule has 2 bridgehead atoms. The van der Waals surface area contributed by atoms with Crippen molar-refractivity contribution in [2.75, 3.05) is 18.4 Å². The highest BCUT2D eigenvalue weighted by molar-refractivity contribution is 6.34. The maximum Gasteiger partial charge on any atom is 0.253 e. The van der Waals surface area contributed by atoms with Crippen molar-refractivity contribution < 1.29 is 9.59 Å². The van der Waals surface area contributed by atoms with Gasteiger partial charge >= 0.3 is 0 Å². The summed E-state index contributed by atoms with van der Waals surface area (Å²) in [5.74, 6) is 0.948. The van der Waals surface area contributed by atoms with Crippen molar-refractivity contribution in [3.63, 3.8) is 0 Å². The van der Waals surface area contributed by atoms with Gasteiger partial charge in [-0.15, -0.1) is 0 Å². The van der Waals surface area contributed by atoms with Crippen molar-refractivity contribution in [2.24, 2.45) is 17.8 Å². The molecule has 4 nitrogen and oxygen atoms in total. The molecule has 2 amide bonds. The molecule has 2 aliphatic carbocycles. The molecule has 1 aromatic carbocycles. The van der Waals surface area contributed by atoms with Crippen LogP contribution in [0.3, 0.4) is 0 Å². The van der Waals surface area contributed by atoms with E-state index in [1.807, 2.05) is 4.90 Å². The van der Waals surface area contributed by atoms with Gasteiger partial charge in [-0.3, -0.25) is 9.59 Å². The molecule has 1 aliphatic heterocycles. The number of likely N-dealkylation sites (tertiary alicyclic amines) is 1. The first-order valence-electron chi connectivity index (χ1n) is 8.70. The van der Waals surface area contributed by atoms with E-state index in [-0.39, 0.29) is 17.7 Å². The first kappa shape index (κ1) is 15.7. The highest BCUT2D eigenvalue weighted by atomic mass is 35.5. The highest BCUT2D eigenvalue weighted by Gasteiger charge is 2.39. The number of fused-ring (bicyclic) bond motifs is 2. The van der Waals surface area contributed by atoms with Gasteiger partial charge in [-0.2, -0.15) is 0 Å². The quantitative estimate of drug-likeness (QED) is 0.849. The number of benzene rings is 1. The average molecular weight is 345 g/mol. The molecule has 1 heterocycles. The zero-order valence-corrected chi connectivity index (χ0v) is 14.3. The van der Waals surface area contributed by atoms with Gasteiger partial charge in [0.1, 0.15) is 0 Å². The third-order valence-corrected chi connectivity index (χ3v) is 5.81. The molecule has 3 atom stereocenters. The van der Waals surface area contributed by atoms with Crippen LogP contribution in [0, 0.1) is 17.8 Å². The zero-order valence-electron chi connectivity index (χ0n) is 13.5. The summed E-state index contributed by atoms with van der Waals surface area (Å²) in [6.45, 7) is 1.61. The number of hydrogen-bond donors (Lipinski definition) is 1. The number of carbonyl (C=O) groups excluding carboxylic acids is 2. The van der Waals surface area contributed by atoms with E-state index in [1.165, 1.54) is 0 Å². The van der Waals surface area contributed by atoms with Crippen LogP contribution in [0.15, 0.2) is 30.4 Å². The van der Waals surface area contributed by atoms with E-state index >= 15 is 0 Å². The second kappa shape index (κ2) is 6.25. The minimum atomic E-state index is 0.0134. The Labute approximate surface area is 146 Å². The van der Waals surface area contributed by atoms with Crippen molar-refractivity contribution in [1.29, 1.82) is 0 Å². The van der Waals surface area contributed by atoms with Crippen molar-refractivity contribution in [3.05, 3.63) is 40.9 Å². The number of rotatable bonds is 3. The fourth-order valence-electron chi connectivity index (χ4n) is 4.16. The SMILES string of the molecule is O=C(Nc1cc(C(=O)N2CCCC2)ccc1Cl)[C@H]1C[C@H]2C=C[C@H]1C2. The molecule has 5 heteroatoms. The van der Waals surface area contributed by atoms with Gasteiger partial charge in [0.2, 0.25) is 5.91 Å². The van der Waals surface area contributed by atoms with Crippen molar-refractivity contribution >= 4 is 29.1 Å². The van der Waals surface area contributed by atoms with Gasteiger partial charge in [0.25, 0.3) is 5.91 Å². The Hall–Kier alpha value is -1.81. The molecular weight excluding hydrogens is 324 g/mol. The molecule has 0 radical (unpaired) electrons. The lowest BCUT2D eigenvalue weighted by Gasteiger charge is -2.19. The molecule has 1 aromatic rings. The van der Waals surface area contributed by atoms with E-state index in [0.717, 1.165) is 38.8 Å².